The number of carboxylic acids is 1. The Labute approximate surface area is 198 Å². The van der Waals surface area contributed by atoms with E-state index in [4.69, 9.17) is 15.2 Å². The first-order valence-electron chi connectivity index (χ1n) is 9.68. The normalized spacial score (nSPS) is 15.7. The van der Waals surface area contributed by atoms with Gasteiger partial charge in [0.15, 0.2) is 11.5 Å². The molecule has 0 fully saturated rings. The van der Waals surface area contributed by atoms with Crippen LogP contribution in [0.5, 0.6) is 11.5 Å². The summed E-state index contributed by atoms with van der Waals surface area (Å²) >= 11 is 2.55. The van der Waals surface area contributed by atoms with E-state index in [2.05, 4.69) is 4.98 Å². The van der Waals surface area contributed by atoms with Crippen molar-refractivity contribution >= 4 is 38.9 Å². The van der Waals surface area contributed by atoms with Crippen molar-refractivity contribution in [1.29, 1.82) is 0 Å². The van der Waals surface area contributed by atoms with Crippen molar-refractivity contribution in [2.24, 2.45) is 5.73 Å². The third-order valence-electron chi connectivity index (χ3n) is 5.06. The Morgan fingerprint density at radius 2 is 1.88 bits per heavy atom. The molecule has 0 radical (unpaired) electrons. The molecule has 33 heavy (non-hydrogen) atoms. The SMILES string of the molecule is NC(CC(O)CSc1nccs1)(C(=O)O)S(=O)(=O)c1ccc(-c2ccc3c(c2)OCO3)cc1. The van der Waals surface area contributed by atoms with Crippen molar-refractivity contribution < 1.29 is 32.9 Å². The molecule has 9 nitrogen and oxygen atoms in total. The largest absolute Gasteiger partial charge is 0.479 e. The molecule has 1 aliphatic heterocycles. The van der Waals surface area contributed by atoms with Crippen molar-refractivity contribution in [3.05, 3.63) is 54.0 Å². The van der Waals surface area contributed by atoms with E-state index in [1.807, 2.05) is 0 Å². The average molecular weight is 509 g/mol. The van der Waals surface area contributed by atoms with E-state index < -0.39 is 33.2 Å². The Bertz CT molecular complexity index is 1250. The van der Waals surface area contributed by atoms with Gasteiger partial charge in [0, 0.05) is 23.8 Å². The molecular weight excluding hydrogens is 488 g/mol. The van der Waals surface area contributed by atoms with Gasteiger partial charge in [0.2, 0.25) is 21.5 Å². The first-order valence-corrected chi connectivity index (χ1v) is 13.0. The summed E-state index contributed by atoms with van der Waals surface area (Å²) in [6.45, 7) is 0.137. The highest BCUT2D eigenvalue weighted by Gasteiger charge is 2.49. The number of ether oxygens (including phenoxy) is 2. The molecule has 0 bridgehead atoms. The first kappa shape index (κ1) is 23.5. The number of aromatic nitrogens is 1. The minimum absolute atomic E-state index is 0.0539. The van der Waals surface area contributed by atoms with Gasteiger partial charge in [-0.25, -0.2) is 18.2 Å². The second kappa shape index (κ2) is 9.31. The molecule has 174 valence electrons. The average Bonchev–Trinajstić information content (AvgIpc) is 3.49. The number of nitrogens with zero attached hydrogens (tertiary/aromatic N) is 1. The molecule has 1 aliphatic rings. The Hall–Kier alpha value is -2.64. The second-order valence-corrected chi connectivity index (χ2v) is 11.6. The van der Waals surface area contributed by atoms with Crippen LogP contribution in [0.25, 0.3) is 11.1 Å². The lowest BCUT2D eigenvalue weighted by molar-refractivity contribution is -0.140. The van der Waals surface area contributed by atoms with Gasteiger partial charge < -0.3 is 25.4 Å². The van der Waals surface area contributed by atoms with Gasteiger partial charge in [-0.05, 0) is 35.4 Å². The maximum atomic E-state index is 13.2. The van der Waals surface area contributed by atoms with E-state index in [-0.39, 0.29) is 17.4 Å². The third-order valence-corrected chi connectivity index (χ3v) is 9.36. The number of carboxylic acid groups (broad SMARTS) is 1. The van der Waals surface area contributed by atoms with Gasteiger partial charge in [-0.1, -0.05) is 30.0 Å². The minimum Gasteiger partial charge on any atom is -0.479 e. The summed E-state index contributed by atoms with van der Waals surface area (Å²) in [5.41, 5.74) is 7.38. The van der Waals surface area contributed by atoms with Crippen molar-refractivity contribution in [3.63, 3.8) is 0 Å². The van der Waals surface area contributed by atoms with E-state index in [0.717, 1.165) is 5.56 Å². The van der Waals surface area contributed by atoms with Crippen LogP contribution >= 0.6 is 23.1 Å². The monoisotopic (exact) mass is 508 g/mol. The zero-order valence-corrected chi connectivity index (χ0v) is 19.5. The minimum atomic E-state index is -4.52. The lowest BCUT2D eigenvalue weighted by Crippen LogP contribution is -2.56. The van der Waals surface area contributed by atoms with Gasteiger partial charge in [-0.2, -0.15) is 0 Å². The van der Waals surface area contributed by atoms with Crippen LogP contribution in [0.4, 0.5) is 0 Å². The standard InChI is InChI=1S/C21H20N2O7S3/c22-21(19(25)26,10-15(24)11-32-20-23-7-8-31-20)33(27,28)16-4-1-13(2-5-16)14-3-6-17-18(9-14)30-12-29-17/h1-9,15,24H,10-12,22H2,(H,25,26). The molecule has 0 aliphatic carbocycles. The van der Waals surface area contributed by atoms with Crippen molar-refractivity contribution in [2.75, 3.05) is 12.5 Å². The summed E-state index contributed by atoms with van der Waals surface area (Å²) in [6, 6.07) is 11.0. The fourth-order valence-corrected chi connectivity index (χ4v) is 6.43. The zero-order valence-electron chi connectivity index (χ0n) is 17.1. The van der Waals surface area contributed by atoms with E-state index in [9.17, 15) is 23.4 Å². The molecule has 2 unspecified atom stereocenters. The summed E-state index contributed by atoms with van der Waals surface area (Å²) in [5, 5.41) is 21.8. The van der Waals surface area contributed by atoms with Crippen molar-refractivity contribution in [3.8, 4) is 22.6 Å². The van der Waals surface area contributed by atoms with E-state index in [0.29, 0.717) is 21.4 Å². The lowest BCUT2D eigenvalue weighted by Gasteiger charge is -2.27. The van der Waals surface area contributed by atoms with E-state index in [1.54, 1.807) is 41.9 Å². The van der Waals surface area contributed by atoms with Crippen LogP contribution in [0.1, 0.15) is 6.42 Å². The number of hydrogen-bond donors (Lipinski definition) is 3. The predicted molar refractivity (Wildman–Crippen MR) is 123 cm³/mol. The fraction of sp³-hybridized carbons (Fsp3) is 0.238. The number of aliphatic hydroxyl groups is 1. The molecule has 4 rings (SSSR count). The van der Waals surface area contributed by atoms with Gasteiger partial charge >= 0.3 is 5.97 Å². The molecule has 4 N–H and O–H groups in total. The number of aliphatic carboxylic acids is 1. The Morgan fingerprint density at radius 1 is 1.18 bits per heavy atom. The van der Waals surface area contributed by atoms with Crippen LogP contribution in [0, 0.1) is 0 Å². The molecule has 0 spiro atoms. The lowest BCUT2D eigenvalue weighted by atomic mass is 10.1. The number of hydrogen-bond acceptors (Lipinski definition) is 10. The maximum absolute atomic E-state index is 13.2. The maximum Gasteiger partial charge on any atom is 0.340 e. The number of benzene rings is 2. The summed E-state index contributed by atoms with van der Waals surface area (Å²) in [4.78, 5) is 13.1. The Morgan fingerprint density at radius 3 is 2.55 bits per heavy atom. The van der Waals surface area contributed by atoms with Gasteiger partial charge in [0.1, 0.15) is 4.34 Å². The zero-order chi connectivity index (χ0) is 23.6. The van der Waals surface area contributed by atoms with Crippen LogP contribution in [-0.2, 0) is 14.6 Å². The molecule has 0 saturated heterocycles. The van der Waals surface area contributed by atoms with Gasteiger partial charge in [-0.3, -0.25) is 0 Å². The molecule has 2 aromatic carbocycles. The van der Waals surface area contributed by atoms with Crippen LogP contribution in [-0.4, -0.2) is 53.1 Å². The first-order chi connectivity index (χ1) is 15.7. The Kier molecular flexibility index (Phi) is 6.64. The number of thioether (sulfide) groups is 1. The summed E-state index contributed by atoms with van der Waals surface area (Å²) < 4.78 is 37.7. The molecular formula is C21H20N2O7S3. The molecule has 1 aromatic heterocycles. The quantitative estimate of drug-likeness (QED) is 0.368. The molecule has 0 saturated carbocycles. The summed E-state index contributed by atoms with van der Waals surface area (Å²) in [6.07, 6.45) is -0.350. The van der Waals surface area contributed by atoms with Crippen LogP contribution < -0.4 is 15.2 Å². The number of carbonyl (C=O) groups is 1. The van der Waals surface area contributed by atoms with Crippen LogP contribution in [0.2, 0.25) is 0 Å². The Balaban J connectivity index is 1.54. The summed E-state index contributed by atoms with van der Waals surface area (Å²) in [5.74, 6) is -0.474. The third kappa shape index (κ3) is 4.70. The van der Waals surface area contributed by atoms with Crippen molar-refractivity contribution in [1.82, 2.24) is 4.98 Å². The highest BCUT2D eigenvalue weighted by atomic mass is 32.2. The van der Waals surface area contributed by atoms with Crippen LogP contribution in [0.15, 0.2) is 63.3 Å². The number of thiazole rings is 1. The number of sulfone groups is 1. The smallest absolute Gasteiger partial charge is 0.340 e. The number of nitrogens with two attached hydrogens (primary N) is 1. The van der Waals surface area contributed by atoms with Gasteiger partial charge in [-0.15, -0.1) is 11.3 Å². The van der Waals surface area contributed by atoms with E-state index >= 15 is 0 Å². The molecule has 0 amide bonds. The number of fused-ring (bicyclic) bond motifs is 1. The highest BCUT2D eigenvalue weighted by molar-refractivity contribution is 8.01. The molecule has 2 atom stereocenters. The molecule has 12 heteroatoms. The number of aliphatic hydroxyl groups excluding tert-OH is 1. The van der Waals surface area contributed by atoms with Crippen molar-refractivity contribution in [2.45, 2.75) is 26.6 Å². The van der Waals surface area contributed by atoms with Crippen LogP contribution in [0.3, 0.4) is 0 Å². The van der Waals surface area contributed by atoms with E-state index in [1.165, 1.54) is 35.2 Å². The molecule has 2 heterocycles. The topological polar surface area (TPSA) is 149 Å². The number of rotatable bonds is 9. The fourth-order valence-electron chi connectivity index (χ4n) is 3.28. The van der Waals surface area contributed by atoms with Gasteiger partial charge in [0.05, 0.1) is 11.0 Å². The molecule has 3 aromatic rings. The second-order valence-electron chi connectivity index (χ2n) is 7.26. The predicted octanol–water partition coefficient (Wildman–Crippen LogP) is 2.60. The van der Waals surface area contributed by atoms with Gasteiger partial charge in [0.25, 0.3) is 0 Å². The highest BCUT2D eigenvalue weighted by Crippen LogP contribution is 2.36. The summed E-state index contributed by atoms with van der Waals surface area (Å²) in [7, 11) is -4.52.